The number of halogens is 7. The van der Waals surface area contributed by atoms with Crippen molar-refractivity contribution in [3.8, 4) is 11.5 Å². The fourth-order valence-electron chi connectivity index (χ4n) is 3.00. The number of benzene rings is 1. The van der Waals surface area contributed by atoms with Crippen molar-refractivity contribution in [3.63, 3.8) is 0 Å². The maximum absolute atomic E-state index is 14.3. The van der Waals surface area contributed by atoms with Gasteiger partial charge in [0.25, 0.3) is 0 Å². The first-order valence-corrected chi connectivity index (χ1v) is 9.19. The fourth-order valence-corrected chi connectivity index (χ4v) is 3.15. The van der Waals surface area contributed by atoms with E-state index in [-0.39, 0.29) is 22.0 Å². The van der Waals surface area contributed by atoms with Crippen molar-refractivity contribution in [2.24, 2.45) is 5.10 Å². The van der Waals surface area contributed by atoms with Gasteiger partial charge >= 0.3 is 11.6 Å². The summed E-state index contributed by atoms with van der Waals surface area (Å²) in [6.45, 7) is 0. The lowest BCUT2D eigenvalue weighted by Crippen LogP contribution is -2.55. The van der Waals surface area contributed by atoms with Crippen LogP contribution in [0.3, 0.4) is 0 Å². The van der Waals surface area contributed by atoms with E-state index < -0.39 is 46.9 Å². The van der Waals surface area contributed by atoms with E-state index in [0.29, 0.717) is 6.07 Å². The number of furan rings is 1. The van der Waals surface area contributed by atoms with E-state index in [0.717, 1.165) is 12.1 Å². The van der Waals surface area contributed by atoms with Gasteiger partial charge in [-0.2, -0.15) is 32.1 Å². The zero-order valence-corrected chi connectivity index (χ0v) is 16.4. The molecule has 32 heavy (non-hydrogen) atoms. The number of aliphatic hydroxyl groups is 1. The third-order valence-corrected chi connectivity index (χ3v) is 4.89. The first-order valence-electron chi connectivity index (χ1n) is 8.81. The van der Waals surface area contributed by atoms with E-state index in [1.807, 2.05) is 0 Å². The molecule has 0 saturated carbocycles. The number of hydrazone groups is 1. The molecule has 1 aliphatic rings. The molecule has 0 amide bonds. The predicted molar refractivity (Wildman–Crippen MR) is 101 cm³/mol. The summed E-state index contributed by atoms with van der Waals surface area (Å²) in [4.78, 5) is 7.10. The van der Waals surface area contributed by atoms with Crippen molar-refractivity contribution in [3.05, 3.63) is 65.8 Å². The summed E-state index contributed by atoms with van der Waals surface area (Å²) in [6, 6.07) is 7.68. The molecule has 0 saturated heterocycles. The van der Waals surface area contributed by atoms with Crippen LogP contribution in [0.25, 0.3) is 11.5 Å². The highest BCUT2D eigenvalue weighted by Crippen LogP contribution is 2.45. The second-order valence-electron chi connectivity index (χ2n) is 6.77. The Morgan fingerprint density at radius 1 is 1.06 bits per heavy atom. The molecular formula is C19H11ClF6N4O2. The number of hydrogen-bond acceptors (Lipinski definition) is 6. The van der Waals surface area contributed by atoms with Crippen molar-refractivity contribution in [1.29, 1.82) is 0 Å². The van der Waals surface area contributed by atoms with Crippen molar-refractivity contribution in [2.45, 2.75) is 23.7 Å². The molecule has 0 bridgehead atoms. The molecule has 3 heterocycles. The Bertz CT molecular complexity index is 1160. The number of alkyl halides is 6. The summed E-state index contributed by atoms with van der Waals surface area (Å²) >= 11 is 5.12. The summed E-state index contributed by atoms with van der Waals surface area (Å²) in [6.07, 6.45) is -4.72. The van der Waals surface area contributed by atoms with Gasteiger partial charge < -0.3 is 9.52 Å². The highest BCUT2D eigenvalue weighted by atomic mass is 35.5. The third-order valence-electron chi connectivity index (χ3n) is 4.58. The summed E-state index contributed by atoms with van der Waals surface area (Å²) in [5.41, 5.74) is -5.26. The molecule has 1 atom stereocenters. The van der Waals surface area contributed by atoms with Crippen LogP contribution in [-0.4, -0.2) is 31.9 Å². The van der Waals surface area contributed by atoms with Gasteiger partial charge in [-0.3, -0.25) is 0 Å². The predicted octanol–water partition coefficient (Wildman–Crippen LogP) is 5.03. The van der Waals surface area contributed by atoms with E-state index in [1.165, 1.54) is 30.5 Å². The Labute approximate surface area is 180 Å². The van der Waals surface area contributed by atoms with E-state index in [1.54, 1.807) is 0 Å². The molecule has 6 nitrogen and oxygen atoms in total. The molecular weight excluding hydrogens is 466 g/mol. The van der Waals surface area contributed by atoms with Crippen LogP contribution < -0.4 is 5.01 Å². The van der Waals surface area contributed by atoms with Gasteiger partial charge in [-0.05, 0) is 47.5 Å². The summed E-state index contributed by atoms with van der Waals surface area (Å²) in [5.74, 6) is -1.72. The van der Waals surface area contributed by atoms with Gasteiger partial charge in [0.05, 0.1) is 12.0 Å². The van der Waals surface area contributed by atoms with Crippen LogP contribution in [0.1, 0.15) is 17.7 Å². The molecule has 0 spiro atoms. The molecule has 1 aliphatic heterocycles. The van der Waals surface area contributed by atoms with Crippen LogP contribution >= 0.6 is 11.6 Å². The zero-order chi connectivity index (χ0) is 23.3. The van der Waals surface area contributed by atoms with Crippen LogP contribution in [0.4, 0.5) is 32.3 Å². The molecule has 0 aliphatic carbocycles. The van der Waals surface area contributed by atoms with Crippen LogP contribution in [0, 0.1) is 5.82 Å². The number of rotatable bonds is 4. The number of hydrogen-bond donors (Lipinski definition) is 1. The minimum atomic E-state index is -4.98. The van der Waals surface area contributed by atoms with E-state index in [9.17, 15) is 31.4 Å². The highest BCUT2D eigenvalue weighted by molar-refractivity contribution is 6.23. The first-order chi connectivity index (χ1) is 14.9. The third kappa shape index (κ3) is 3.91. The Hall–Kier alpha value is -3.12. The summed E-state index contributed by atoms with van der Waals surface area (Å²) in [7, 11) is 0. The lowest BCUT2D eigenvalue weighted by atomic mass is 10.0. The first kappa shape index (κ1) is 22.1. The molecule has 4 rings (SSSR count). The van der Waals surface area contributed by atoms with Crippen molar-refractivity contribution in [1.82, 2.24) is 9.97 Å². The SMILES string of the molecule is O[C@]1(C(F)(F)Cl)CC(c2ccc(F)cc2)=NN1c1nc(-c2ccco2)cc(C(F)(F)F)n1. The van der Waals surface area contributed by atoms with Crippen molar-refractivity contribution < 1.29 is 35.9 Å². The van der Waals surface area contributed by atoms with E-state index in [2.05, 4.69) is 15.1 Å². The van der Waals surface area contributed by atoms with Crippen LogP contribution in [-0.2, 0) is 6.18 Å². The minimum Gasteiger partial charge on any atom is -0.463 e. The summed E-state index contributed by atoms with van der Waals surface area (Å²) < 4.78 is 87.1. The monoisotopic (exact) mass is 476 g/mol. The number of anilines is 1. The maximum Gasteiger partial charge on any atom is 0.433 e. The minimum absolute atomic E-state index is 0.109. The Balaban J connectivity index is 1.89. The summed E-state index contributed by atoms with van der Waals surface area (Å²) in [5, 5.41) is 10.3. The van der Waals surface area contributed by atoms with Gasteiger partial charge in [0.15, 0.2) is 11.5 Å². The Kier molecular flexibility index (Phi) is 5.17. The largest absolute Gasteiger partial charge is 0.463 e. The molecule has 0 unspecified atom stereocenters. The van der Waals surface area contributed by atoms with Gasteiger partial charge in [-0.25, -0.2) is 14.4 Å². The van der Waals surface area contributed by atoms with Crippen molar-refractivity contribution >= 4 is 23.3 Å². The second kappa shape index (κ2) is 7.48. The smallest absolute Gasteiger partial charge is 0.433 e. The number of nitrogens with zero attached hydrogens (tertiary/aromatic N) is 4. The molecule has 1 aromatic carbocycles. The molecule has 0 fully saturated rings. The fraction of sp³-hybridized carbons (Fsp3) is 0.211. The van der Waals surface area contributed by atoms with E-state index >= 15 is 0 Å². The van der Waals surface area contributed by atoms with Gasteiger partial charge in [-0.1, -0.05) is 12.1 Å². The Morgan fingerprint density at radius 3 is 2.31 bits per heavy atom. The second-order valence-corrected chi connectivity index (χ2v) is 7.24. The quantitative estimate of drug-likeness (QED) is 0.422. The van der Waals surface area contributed by atoms with Gasteiger partial charge in [-0.15, -0.1) is 0 Å². The lowest BCUT2D eigenvalue weighted by molar-refractivity contribution is -0.141. The molecule has 3 aromatic rings. The highest BCUT2D eigenvalue weighted by Gasteiger charge is 2.61. The van der Waals surface area contributed by atoms with E-state index in [4.69, 9.17) is 16.0 Å². The molecule has 13 heteroatoms. The molecule has 0 radical (unpaired) electrons. The van der Waals surface area contributed by atoms with Crippen LogP contribution in [0.2, 0.25) is 0 Å². The van der Waals surface area contributed by atoms with Crippen LogP contribution in [0.5, 0.6) is 0 Å². The topological polar surface area (TPSA) is 74.8 Å². The average Bonchev–Trinajstić information content (AvgIpc) is 3.36. The van der Waals surface area contributed by atoms with Gasteiger partial charge in [0.1, 0.15) is 11.5 Å². The van der Waals surface area contributed by atoms with Gasteiger partial charge in [0.2, 0.25) is 11.7 Å². The maximum atomic E-state index is 14.3. The number of aromatic nitrogens is 2. The van der Waals surface area contributed by atoms with Gasteiger partial charge in [0, 0.05) is 6.42 Å². The standard InChI is InChI=1S/C19H11ClF6N4O2/c20-19(25,26)17(31)9-13(10-3-5-11(21)6-4-10)29-30(17)16-27-12(14-2-1-7-32-14)8-15(28-16)18(22,23)24/h1-8,31H,9H2/t17-/m0/s1. The van der Waals surface area contributed by atoms with Crippen LogP contribution in [0.15, 0.2) is 58.2 Å². The molecule has 1 N–H and O–H groups in total. The Morgan fingerprint density at radius 2 is 1.75 bits per heavy atom. The van der Waals surface area contributed by atoms with Crippen molar-refractivity contribution in [2.75, 3.05) is 5.01 Å². The zero-order valence-electron chi connectivity index (χ0n) is 15.6. The molecule has 2 aromatic heterocycles. The normalized spacial score (nSPS) is 19.4. The molecule has 168 valence electrons. The average molecular weight is 477 g/mol. The lowest BCUT2D eigenvalue weighted by Gasteiger charge is -2.34.